The third-order valence-corrected chi connectivity index (χ3v) is 3.71. The van der Waals surface area contributed by atoms with Crippen molar-refractivity contribution in [2.24, 2.45) is 5.16 Å². The van der Waals surface area contributed by atoms with Crippen molar-refractivity contribution in [2.45, 2.75) is 38.0 Å². The SMILES string of the molecule is ON=C1Cc2cccc3c2C(CCC3)C1. The molecule has 3 rings (SSSR count). The highest BCUT2D eigenvalue weighted by molar-refractivity contribution is 5.89. The lowest BCUT2D eigenvalue weighted by Gasteiger charge is -2.32. The van der Waals surface area contributed by atoms with Crippen LogP contribution in [-0.4, -0.2) is 10.9 Å². The van der Waals surface area contributed by atoms with E-state index < -0.39 is 0 Å². The van der Waals surface area contributed by atoms with Crippen molar-refractivity contribution in [2.75, 3.05) is 0 Å². The van der Waals surface area contributed by atoms with Crippen molar-refractivity contribution in [3.05, 3.63) is 34.9 Å². The van der Waals surface area contributed by atoms with Crippen LogP contribution in [0.25, 0.3) is 0 Å². The van der Waals surface area contributed by atoms with Crippen LogP contribution in [0.1, 0.15) is 41.9 Å². The van der Waals surface area contributed by atoms with E-state index >= 15 is 0 Å². The summed E-state index contributed by atoms with van der Waals surface area (Å²) >= 11 is 0. The van der Waals surface area contributed by atoms with E-state index in [4.69, 9.17) is 5.21 Å². The molecule has 2 aliphatic rings. The van der Waals surface area contributed by atoms with Gasteiger partial charge in [0.15, 0.2) is 0 Å². The molecule has 0 heterocycles. The smallest absolute Gasteiger partial charge is 0.0620 e. The maximum absolute atomic E-state index is 8.91. The molecule has 2 aliphatic carbocycles. The highest BCUT2D eigenvalue weighted by Gasteiger charge is 2.28. The molecular weight excluding hydrogens is 186 g/mol. The lowest BCUT2D eigenvalue weighted by atomic mass is 9.73. The molecule has 0 amide bonds. The van der Waals surface area contributed by atoms with Crippen molar-refractivity contribution >= 4 is 5.71 Å². The van der Waals surface area contributed by atoms with E-state index in [0.717, 1.165) is 18.6 Å². The van der Waals surface area contributed by atoms with E-state index in [1.807, 2.05) is 0 Å². The first-order valence-electron chi connectivity index (χ1n) is 5.69. The molecule has 2 nitrogen and oxygen atoms in total. The first-order valence-corrected chi connectivity index (χ1v) is 5.69. The first kappa shape index (κ1) is 8.96. The van der Waals surface area contributed by atoms with Gasteiger partial charge in [-0.3, -0.25) is 0 Å². The standard InChI is InChI=1S/C13H15NO/c15-14-12-7-10-5-1-3-9-4-2-6-11(8-12)13(9)10/h1,3,5,11,15H,2,4,6-8H2. The second kappa shape index (κ2) is 3.37. The Morgan fingerprint density at radius 3 is 3.00 bits per heavy atom. The van der Waals surface area contributed by atoms with Crippen LogP contribution in [0.4, 0.5) is 0 Å². The summed E-state index contributed by atoms with van der Waals surface area (Å²) in [4.78, 5) is 0. The van der Waals surface area contributed by atoms with E-state index in [2.05, 4.69) is 23.4 Å². The van der Waals surface area contributed by atoms with Gasteiger partial charge in [0.05, 0.1) is 5.71 Å². The van der Waals surface area contributed by atoms with Crippen LogP contribution >= 0.6 is 0 Å². The third-order valence-electron chi connectivity index (χ3n) is 3.71. The number of oxime groups is 1. The van der Waals surface area contributed by atoms with Gasteiger partial charge in [-0.25, -0.2) is 0 Å². The highest BCUT2D eigenvalue weighted by atomic mass is 16.4. The average Bonchev–Trinajstić information content (AvgIpc) is 2.29. The molecule has 15 heavy (non-hydrogen) atoms. The molecule has 0 bridgehead atoms. The molecule has 0 spiro atoms. The second-order valence-corrected chi connectivity index (χ2v) is 4.63. The van der Waals surface area contributed by atoms with Gasteiger partial charge in [0.1, 0.15) is 0 Å². The van der Waals surface area contributed by atoms with Gasteiger partial charge in [0.2, 0.25) is 0 Å². The Kier molecular flexibility index (Phi) is 2.01. The lowest BCUT2D eigenvalue weighted by Crippen LogP contribution is -2.23. The zero-order valence-electron chi connectivity index (χ0n) is 8.74. The number of hydrogen-bond donors (Lipinski definition) is 1. The molecule has 0 saturated heterocycles. The Morgan fingerprint density at radius 1 is 1.27 bits per heavy atom. The molecule has 78 valence electrons. The molecule has 1 N–H and O–H groups in total. The van der Waals surface area contributed by atoms with Crippen molar-refractivity contribution in [3.8, 4) is 0 Å². The number of aryl methyl sites for hydroxylation is 1. The molecule has 2 heteroatoms. The van der Waals surface area contributed by atoms with Crippen molar-refractivity contribution in [1.82, 2.24) is 0 Å². The Bertz CT molecular complexity index is 423. The molecule has 1 aromatic carbocycles. The van der Waals surface area contributed by atoms with Crippen molar-refractivity contribution in [1.29, 1.82) is 0 Å². The molecule has 0 saturated carbocycles. The number of rotatable bonds is 0. The fourth-order valence-electron chi connectivity index (χ4n) is 3.10. The molecule has 0 aliphatic heterocycles. The summed E-state index contributed by atoms with van der Waals surface area (Å²) in [6, 6.07) is 6.57. The van der Waals surface area contributed by atoms with E-state index in [-0.39, 0.29) is 0 Å². The van der Waals surface area contributed by atoms with E-state index in [1.165, 1.54) is 30.4 Å². The molecule has 0 radical (unpaired) electrons. The maximum Gasteiger partial charge on any atom is 0.0620 e. The molecule has 0 fully saturated rings. The van der Waals surface area contributed by atoms with Crippen LogP contribution in [0, 0.1) is 0 Å². The van der Waals surface area contributed by atoms with Gasteiger partial charge in [-0.1, -0.05) is 23.4 Å². The molecule has 1 aromatic rings. The summed E-state index contributed by atoms with van der Waals surface area (Å²) in [5, 5.41) is 12.3. The average molecular weight is 201 g/mol. The maximum atomic E-state index is 8.91. The predicted octanol–water partition coefficient (Wildman–Crippen LogP) is 2.88. The van der Waals surface area contributed by atoms with Gasteiger partial charge in [-0.05, 0) is 48.3 Å². The predicted molar refractivity (Wildman–Crippen MR) is 59.7 cm³/mol. The molecule has 1 unspecified atom stereocenters. The minimum Gasteiger partial charge on any atom is -0.411 e. The van der Waals surface area contributed by atoms with E-state index in [1.54, 1.807) is 5.56 Å². The van der Waals surface area contributed by atoms with Gasteiger partial charge in [-0.15, -0.1) is 0 Å². The lowest BCUT2D eigenvalue weighted by molar-refractivity contribution is 0.315. The minimum atomic E-state index is 0.615. The quantitative estimate of drug-likeness (QED) is 0.508. The molecule has 1 atom stereocenters. The van der Waals surface area contributed by atoms with Gasteiger partial charge in [0.25, 0.3) is 0 Å². The topological polar surface area (TPSA) is 32.6 Å². The number of nitrogens with zero attached hydrogens (tertiary/aromatic N) is 1. The Labute approximate surface area is 89.6 Å². The van der Waals surface area contributed by atoms with Crippen LogP contribution in [0.15, 0.2) is 23.4 Å². The van der Waals surface area contributed by atoms with Gasteiger partial charge >= 0.3 is 0 Å². The van der Waals surface area contributed by atoms with Crippen LogP contribution in [0.5, 0.6) is 0 Å². The van der Waals surface area contributed by atoms with Crippen LogP contribution < -0.4 is 0 Å². The molecular formula is C13H15NO. The van der Waals surface area contributed by atoms with Gasteiger partial charge in [0, 0.05) is 6.42 Å². The Morgan fingerprint density at radius 2 is 2.13 bits per heavy atom. The highest BCUT2D eigenvalue weighted by Crippen LogP contribution is 2.40. The summed E-state index contributed by atoms with van der Waals surface area (Å²) in [6.07, 6.45) is 5.56. The summed E-state index contributed by atoms with van der Waals surface area (Å²) < 4.78 is 0. The number of hydrogen-bond acceptors (Lipinski definition) is 2. The fourth-order valence-corrected chi connectivity index (χ4v) is 3.10. The first-order chi connectivity index (χ1) is 7.38. The van der Waals surface area contributed by atoms with Crippen LogP contribution in [0.3, 0.4) is 0 Å². The normalized spacial score (nSPS) is 26.4. The van der Waals surface area contributed by atoms with Crippen LogP contribution in [-0.2, 0) is 12.8 Å². The van der Waals surface area contributed by atoms with Crippen molar-refractivity contribution in [3.63, 3.8) is 0 Å². The summed E-state index contributed by atoms with van der Waals surface area (Å²) in [5.41, 5.74) is 5.43. The monoisotopic (exact) mass is 201 g/mol. The summed E-state index contributed by atoms with van der Waals surface area (Å²) in [7, 11) is 0. The zero-order chi connectivity index (χ0) is 10.3. The fraction of sp³-hybridized carbons (Fsp3) is 0.462. The van der Waals surface area contributed by atoms with Crippen molar-refractivity contribution < 1.29 is 5.21 Å². The third kappa shape index (κ3) is 1.36. The van der Waals surface area contributed by atoms with E-state index in [9.17, 15) is 0 Å². The van der Waals surface area contributed by atoms with E-state index in [0.29, 0.717) is 5.92 Å². The van der Waals surface area contributed by atoms with Gasteiger partial charge in [-0.2, -0.15) is 0 Å². The second-order valence-electron chi connectivity index (χ2n) is 4.63. The zero-order valence-corrected chi connectivity index (χ0v) is 8.74. The summed E-state index contributed by atoms with van der Waals surface area (Å²) in [5.74, 6) is 0.615. The Balaban J connectivity index is 2.14. The van der Waals surface area contributed by atoms with Crippen LogP contribution in [0.2, 0.25) is 0 Å². The number of benzene rings is 1. The minimum absolute atomic E-state index is 0.615. The van der Waals surface area contributed by atoms with Gasteiger partial charge < -0.3 is 5.21 Å². The molecule has 0 aromatic heterocycles. The largest absolute Gasteiger partial charge is 0.411 e. The summed E-state index contributed by atoms with van der Waals surface area (Å²) in [6.45, 7) is 0. The Hall–Kier alpha value is -1.31.